The maximum absolute atomic E-state index is 13.5. The number of nitrogens with zero attached hydrogens (tertiary/aromatic N) is 3. The monoisotopic (exact) mass is 425 g/mol. The predicted molar refractivity (Wildman–Crippen MR) is 125 cm³/mol. The topological polar surface area (TPSA) is 30.7 Å². The van der Waals surface area contributed by atoms with E-state index in [1.165, 1.54) is 23.3 Å². The second kappa shape index (κ2) is 8.36. The molecule has 0 atom stereocenters. The van der Waals surface area contributed by atoms with Crippen LogP contribution in [0.25, 0.3) is 27.8 Å². The molecule has 0 bridgehead atoms. The van der Waals surface area contributed by atoms with Crippen molar-refractivity contribution in [3.8, 4) is 16.8 Å². The average molecular weight is 426 g/mol. The highest BCUT2D eigenvalue weighted by Crippen LogP contribution is 2.37. The van der Waals surface area contributed by atoms with Gasteiger partial charge in [-0.1, -0.05) is 54.6 Å². The Kier molecular flexibility index (Phi) is 5.26. The van der Waals surface area contributed by atoms with E-state index in [1.807, 2.05) is 22.8 Å². The average Bonchev–Trinajstić information content (AvgIpc) is 3.20. The maximum atomic E-state index is 13.5. The number of aryl methyl sites for hydroxylation is 1. The van der Waals surface area contributed by atoms with Crippen molar-refractivity contribution in [3.05, 3.63) is 108 Å². The van der Waals surface area contributed by atoms with Crippen molar-refractivity contribution in [3.63, 3.8) is 0 Å². The van der Waals surface area contributed by atoms with Crippen LogP contribution in [-0.2, 0) is 5.75 Å². The third-order valence-corrected chi connectivity index (χ3v) is 6.40. The van der Waals surface area contributed by atoms with Crippen molar-refractivity contribution in [2.45, 2.75) is 17.7 Å². The summed E-state index contributed by atoms with van der Waals surface area (Å²) in [6, 6.07) is 25.1. The number of fused-ring (bicyclic) bond motifs is 1. The van der Waals surface area contributed by atoms with Gasteiger partial charge in [-0.15, -0.1) is 11.8 Å². The largest absolute Gasteiger partial charge is 0.301 e. The van der Waals surface area contributed by atoms with Gasteiger partial charge in [0.2, 0.25) is 0 Å². The van der Waals surface area contributed by atoms with Crippen LogP contribution in [0.15, 0.2) is 96.4 Å². The third-order valence-electron chi connectivity index (χ3n) is 5.36. The Balaban J connectivity index is 1.66. The van der Waals surface area contributed by atoms with Crippen molar-refractivity contribution in [1.29, 1.82) is 0 Å². The Hall–Kier alpha value is -3.44. The first-order chi connectivity index (χ1) is 15.2. The quantitative estimate of drug-likeness (QED) is 0.228. The molecule has 31 heavy (non-hydrogen) atoms. The molecule has 2 aromatic heterocycles. The van der Waals surface area contributed by atoms with Crippen LogP contribution >= 0.6 is 11.8 Å². The fourth-order valence-corrected chi connectivity index (χ4v) is 4.78. The summed E-state index contributed by atoms with van der Waals surface area (Å²) in [6.45, 7) is 2.13. The molecule has 0 unspecified atom stereocenters. The van der Waals surface area contributed by atoms with Crippen molar-refractivity contribution in [2.75, 3.05) is 0 Å². The summed E-state index contributed by atoms with van der Waals surface area (Å²) in [4.78, 5) is 9.24. The summed E-state index contributed by atoms with van der Waals surface area (Å²) in [5, 5.41) is 1.95. The molecule has 0 amide bonds. The van der Waals surface area contributed by atoms with E-state index in [9.17, 15) is 4.39 Å². The molecule has 2 heterocycles. The van der Waals surface area contributed by atoms with Crippen molar-refractivity contribution in [2.24, 2.45) is 0 Å². The predicted octanol–water partition coefficient (Wildman–Crippen LogP) is 6.83. The Labute approximate surface area is 184 Å². The number of hydrogen-bond acceptors (Lipinski definition) is 3. The molecule has 5 rings (SSSR count). The van der Waals surface area contributed by atoms with Gasteiger partial charge in [0.25, 0.3) is 0 Å². The molecule has 5 heteroatoms. The standard InChI is InChI=1S/C26H20FN3S/c1-18-7-5-6-10-20(18)16-31-26-24-23(19-8-3-2-4-9-19)15-30(25(24)28-17-29-26)22-13-11-21(27)12-14-22/h2-15,17H,16H2,1H3. The van der Waals surface area contributed by atoms with E-state index in [0.29, 0.717) is 0 Å². The molecular weight excluding hydrogens is 405 g/mol. The molecular formula is C26H20FN3S. The summed E-state index contributed by atoms with van der Waals surface area (Å²) in [5.74, 6) is 0.571. The van der Waals surface area contributed by atoms with Crippen molar-refractivity contribution in [1.82, 2.24) is 14.5 Å². The molecule has 0 saturated heterocycles. The summed E-state index contributed by atoms with van der Waals surface area (Å²) in [7, 11) is 0. The first-order valence-electron chi connectivity index (χ1n) is 10.1. The first-order valence-corrected chi connectivity index (χ1v) is 11.0. The van der Waals surface area contributed by atoms with Crippen molar-refractivity contribution < 1.29 is 4.39 Å². The maximum Gasteiger partial charge on any atom is 0.149 e. The number of thioether (sulfide) groups is 1. The minimum Gasteiger partial charge on any atom is -0.301 e. The lowest BCUT2D eigenvalue weighted by atomic mass is 10.1. The summed E-state index contributed by atoms with van der Waals surface area (Å²) < 4.78 is 15.5. The van der Waals surface area contributed by atoms with Gasteiger partial charge < -0.3 is 4.57 Å². The van der Waals surface area contributed by atoms with Gasteiger partial charge in [-0.25, -0.2) is 14.4 Å². The third kappa shape index (κ3) is 3.84. The van der Waals surface area contributed by atoms with E-state index in [2.05, 4.69) is 59.5 Å². The zero-order valence-electron chi connectivity index (χ0n) is 17.0. The Morgan fingerprint density at radius 1 is 0.871 bits per heavy atom. The summed E-state index contributed by atoms with van der Waals surface area (Å²) >= 11 is 1.71. The fraction of sp³-hybridized carbons (Fsp3) is 0.0769. The summed E-state index contributed by atoms with van der Waals surface area (Å²) in [6.07, 6.45) is 3.68. The van der Waals surface area contributed by atoms with Crippen LogP contribution in [0.4, 0.5) is 4.39 Å². The molecule has 0 radical (unpaired) electrons. The van der Waals surface area contributed by atoms with Gasteiger partial charge in [-0.2, -0.15) is 0 Å². The normalized spacial score (nSPS) is 11.2. The van der Waals surface area contributed by atoms with Gasteiger partial charge in [0, 0.05) is 23.2 Å². The molecule has 0 fully saturated rings. The first kappa shape index (κ1) is 19.5. The lowest BCUT2D eigenvalue weighted by molar-refractivity contribution is 0.627. The molecule has 0 N–H and O–H groups in total. The van der Waals surface area contributed by atoms with Crippen LogP contribution in [-0.4, -0.2) is 14.5 Å². The Morgan fingerprint density at radius 2 is 1.61 bits per heavy atom. The highest BCUT2D eigenvalue weighted by atomic mass is 32.2. The van der Waals surface area contributed by atoms with E-state index in [4.69, 9.17) is 0 Å². The second-order valence-electron chi connectivity index (χ2n) is 7.35. The van der Waals surface area contributed by atoms with E-state index in [1.54, 1.807) is 30.2 Å². The van der Waals surface area contributed by atoms with Gasteiger partial charge in [-0.3, -0.25) is 0 Å². The van der Waals surface area contributed by atoms with Crippen LogP contribution in [0.5, 0.6) is 0 Å². The smallest absolute Gasteiger partial charge is 0.149 e. The molecule has 0 aliphatic rings. The van der Waals surface area contributed by atoms with E-state index in [0.717, 1.165) is 38.6 Å². The van der Waals surface area contributed by atoms with Crippen LogP contribution in [0.3, 0.4) is 0 Å². The Bertz CT molecular complexity index is 1340. The fourth-order valence-electron chi connectivity index (χ4n) is 3.70. The molecule has 0 spiro atoms. The molecule has 3 aromatic carbocycles. The molecule has 0 saturated carbocycles. The zero-order valence-corrected chi connectivity index (χ0v) is 17.8. The van der Waals surface area contributed by atoms with E-state index in [-0.39, 0.29) is 5.82 Å². The SMILES string of the molecule is Cc1ccccc1CSc1ncnc2c1c(-c1ccccc1)cn2-c1ccc(F)cc1. The molecule has 0 aliphatic carbocycles. The van der Waals surface area contributed by atoms with Crippen LogP contribution < -0.4 is 0 Å². The highest BCUT2D eigenvalue weighted by Gasteiger charge is 2.18. The summed E-state index contributed by atoms with van der Waals surface area (Å²) in [5.41, 5.74) is 6.40. The van der Waals surface area contributed by atoms with Gasteiger partial charge in [0.05, 0.1) is 5.39 Å². The Morgan fingerprint density at radius 3 is 2.39 bits per heavy atom. The highest BCUT2D eigenvalue weighted by molar-refractivity contribution is 7.98. The zero-order chi connectivity index (χ0) is 21.2. The van der Waals surface area contributed by atoms with Crippen LogP contribution in [0.2, 0.25) is 0 Å². The molecule has 5 aromatic rings. The lowest BCUT2D eigenvalue weighted by Gasteiger charge is -2.08. The lowest BCUT2D eigenvalue weighted by Crippen LogP contribution is -1.95. The van der Waals surface area contributed by atoms with Gasteiger partial charge >= 0.3 is 0 Å². The number of aromatic nitrogens is 3. The molecule has 152 valence electrons. The van der Waals surface area contributed by atoms with Gasteiger partial charge in [0.1, 0.15) is 22.8 Å². The number of halogens is 1. The minimum absolute atomic E-state index is 0.257. The second-order valence-corrected chi connectivity index (χ2v) is 8.31. The van der Waals surface area contributed by atoms with Gasteiger partial charge in [-0.05, 0) is 47.9 Å². The number of hydrogen-bond donors (Lipinski definition) is 0. The number of rotatable bonds is 5. The molecule has 0 aliphatic heterocycles. The van der Waals surface area contributed by atoms with Crippen molar-refractivity contribution >= 4 is 22.8 Å². The van der Waals surface area contributed by atoms with E-state index >= 15 is 0 Å². The minimum atomic E-state index is -0.257. The van der Waals surface area contributed by atoms with E-state index < -0.39 is 0 Å². The van der Waals surface area contributed by atoms with Gasteiger partial charge in [0.15, 0.2) is 0 Å². The molecule has 3 nitrogen and oxygen atoms in total. The van der Waals surface area contributed by atoms with Crippen LogP contribution in [0, 0.1) is 12.7 Å². The number of benzene rings is 3. The van der Waals surface area contributed by atoms with Crippen LogP contribution in [0.1, 0.15) is 11.1 Å².